The largest absolute Gasteiger partial charge is 0.466 e. The monoisotopic (exact) mass is 502 g/mol. The lowest BCUT2D eigenvalue weighted by atomic mass is 10.0. The Balaban J connectivity index is 2.13. The number of hydrogen-bond acceptors (Lipinski definition) is 7. The van der Waals surface area contributed by atoms with Crippen molar-refractivity contribution in [1.82, 2.24) is 10.6 Å². The number of nitrogens with one attached hydrogen (secondary N) is 2. The second-order valence-corrected chi connectivity index (χ2v) is 10.1. The molecule has 35 heavy (non-hydrogen) atoms. The van der Waals surface area contributed by atoms with Gasteiger partial charge in [0.25, 0.3) is 0 Å². The van der Waals surface area contributed by atoms with Crippen LogP contribution in [0.2, 0.25) is 0 Å². The summed E-state index contributed by atoms with van der Waals surface area (Å²) in [5, 5.41) is 5.28. The van der Waals surface area contributed by atoms with Crippen molar-refractivity contribution < 1.29 is 32.3 Å². The molecule has 2 aromatic rings. The minimum absolute atomic E-state index is 0.0329. The minimum atomic E-state index is -3.31. The van der Waals surface area contributed by atoms with Crippen molar-refractivity contribution in [1.29, 1.82) is 0 Å². The van der Waals surface area contributed by atoms with Gasteiger partial charge in [-0.1, -0.05) is 66.7 Å². The molecule has 0 bridgehead atoms. The Morgan fingerprint density at radius 1 is 0.943 bits per heavy atom. The lowest BCUT2D eigenvalue weighted by Crippen LogP contribution is -2.50. The summed E-state index contributed by atoms with van der Waals surface area (Å²) in [6.45, 7) is 0.0329. The first-order valence-electron chi connectivity index (χ1n) is 10.9. The number of carbonyl (C=O) groups is 3. The Bertz CT molecular complexity index is 1100. The van der Waals surface area contributed by atoms with Gasteiger partial charge in [-0.05, 0) is 17.5 Å². The molecule has 2 aromatic carbocycles. The van der Waals surface area contributed by atoms with E-state index >= 15 is 0 Å². The van der Waals surface area contributed by atoms with E-state index in [1.54, 1.807) is 0 Å². The highest BCUT2D eigenvalue weighted by Crippen LogP contribution is 2.07. The molecule has 0 unspecified atom stereocenters. The van der Waals surface area contributed by atoms with E-state index in [2.05, 4.69) is 15.4 Å². The summed E-state index contributed by atoms with van der Waals surface area (Å²) >= 11 is 0. The number of ether oxygens (including phenoxy) is 2. The van der Waals surface area contributed by atoms with Crippen LogP contribution in [0.4, 0.5) is 4.79 Å². The molecule has 0 aliphatic carbocycles. The molecule has 188 valence electrons. The maximum Gasteiger partial charge on any atom is 0.408 e. The molecule has 2 amide bonds. The lowest BCUT2D eigenvalue weighted by Gasteiger charge is -2.22. The third kappa shape index (κ3) is 11.3. The molecule has 0 fully saturated rings. The van der Waals surface area contributed by atoms with Crippen LogP contribution >= 0.6 is 0 Å². The third-order valence-corrected chi connectivity index (χ3v) is 5.87. The van der Waals surface area contributed by atoms with Crippen LogP contribution in [-0.4, -0.2) is 57.6 Å². The van der Waals surface area contributed by atoms with Crippen molar-refractivity contribution in [3.05, 3.63) is 83.9 Å². The van der Waals surface area contributed by atoms with Gasteiger partial charge in [0.05, 0.1) is 12.9 Å². The maximum absolute atomic E-state index is 13.1. The maximum atomic E-state index is 13.1. The molecule has 2 atom stereocenters. The van der Waals surface area contributed by atoms with Crippen LogP contribution in [0, 0.1) is 0 Å². The van der Waals surface area contributed by atoms with Crippen LogP contribution in [-0.2, 0) is 41.9 Å². The van der Waals surface area contributed by atoms with Crippen molar-refractivity contribution in [2.24, 2.45) is 0 Å². The van der Waals surface area contributed by atoms with Crippen molar-refractivity contribution in [3.8, 4) is 0 Å². The van der Waals surface area contributed by atoms with Gasteiger partial charge in [0, 0.05) is 24.8 Å². The molecule has 0 radical (unpaired) electrons. The Morgan fingerprint density at radius 2 is 1.54 bits per heavy atom. The number of alkyl carbamates (subject to hydrolysis) is 1. The summed E-state index contributed by atoms with van der Waals surface area (Å²) in [5.41, 5.74) is 1.59. The van der Waals surface area contributed by atoms with Crippen molar-refractivity contribution >= 4 is 27.8 Å². The van der Waals surface area contributed by atoms with Crippen LogP contribution in [0.3, 0.4) is 0 Å². The predicted molar refractivity (Wildman–Crippen MR) is 131 cm³/mol. The second-order valence-electron chi connectivity index (χ2n) is 7.86. The Kier molecular flexibility index (Phi) is 11.0. The number of benzene rings is 2. The molecule has 0 saturated carbocycles. The molecule has 2 rings (SSSR count). The smallest absolute Gasteiger partial charge is 0.408 e. The number of rotatable bonds is 12. The standard InChI is InChI=1S/C25H30N2O7S/c1-33-23(28)14-13-21(15-16-35(2,31)32)26-24(29)22(17-19-9-5-3-6-10-19)27-25(30)34-18-20-11-7-4-8-12-20/h3-14,21-22H,15-18H2,1-2H3,(H,26,29)(H,27,30)/b14-13+/t21-,22+/m1/s1. The normalized spacial score (nSPS) is 13.0. The van der Waals surface area contributed by atoms with Crippen LogP contribution in [0.25, 0.3) is 0 Å². The molecule has 0 heterocycles. The van der Waals surface area contributed by atoms with Crippen LogP contribution < -0.4 is 10.6 Å². The zero-order valence-electron chi connectivity index (χ0n) is 19.7. The topological polar surface area (TPSA) is 128 Å². The first-order chi connectivity index (χ1) is 16.7. The van der Waals surface area contributed by atoms with Gasteiger partial charge in [0.2, 0.25) is 5.91 Å². The van der Waals surface area contributed by atoms with Crippen molar-refractivity contribution in [2.45, 2.75) is 31.5 Å². The average molecular weight is 503 g/mol. The first kappa shape index (κ1) is 27.6. The molecule has 0 aromatic heterocycles. The van der Waals surface area contributed by atoms with E-state index < -0.39 is 39.9 Å². The number of esters is 1. The molecular weight excluding hydrogens is 472 g/mol. The fraction of sp³-hybridized carbons (Fsp3) is 0.320. The van der Waals surface area contributed by atoms with E-state index in [1.165, 1.54) is 13.2 Å². The molecule has 0 aliphatic heterocycles. The molecule has 0 aliphatic rings. The number of hydrogen-bond donors (Lipinski definition) is 2. The van der Waals surface area contributed by atoms with E-state index in [1.807, 2.05) is 60.7 Å². The van der Waals surface area contributed by atoms with Crippen molar-refractivity contribution in [2.75, 3.05) is 19.1 Å². The summed E-state index contributed by atoms with van der Waals surface area (Å²) in [4.78, 5) is 37.1. The van der Waals surface area contributed by atoms with Gasteiger partial charge in [-0.15, -0.1) is 0 Å². The highest BCUT2D eigenvalue weighted by molar-refractivity contribution is 7.90. The van der Waals surface area contributed by atoms with Crippen molar-refractivity contribution in [3.63, 3.8) is 0 Å². The Hall–Kier alpha value is -3.66. The van der Waals surface area contributed by atoms with Gasteiger partial charge in [0.1, 0.15) is 22.5 Å². The predicted octanol–water partition coefficient (Wildman–Crippen LogP) is 2.17. The first-order valence-corrected chi connectivity index (χ1v) is 13.0. The van der Waals surface area contributed by atoms with Gasteiger partial charge in [-0.25, -0.2) is 18.0 Å². The van der Waals surface area contributed by atoms with E-state index in [0.29, 0.717) is 0 Å². The van der Waals surface area contributed by atoms with Gasteiger partial charge in [-0.3, -0.25) is 4.79 Å². The molecular formula is C25H30N2O7S. The van der Waals surface area contributed by atoms with Gasteiger partial charge in [0.15, 0.2) is 0 Å². The highest BCUT2D eigenvalue weighted by Gasteiger charge is 2.24. The van der Waals surface area contributed by atoms with Gasteiger partial charge in [-0.2, -0.15) is 0 Å². The van der Waals surface area contributed by atoms with E-state index in [4.69, 9.17) is 4.74 Å². The highest BCUT2D eigenvalue weighted by atomic mass is 32.2. The molecule has 0 saturated heterocycles. The second kappa shape index (κ2) is 13.9. The molecule has 2 N–H and O–H groups in total. The SMILES string of the molecule is COC(=O)/C=C/[C@H](CCS(C)(=O)=O)NC(=O)[C@H](Cc1ccccc1)NC(=O)OCc1ccccc1. The van der Waals surface area contributed by atoms with Crippen LogP contribution in [0.5, 0.6) is 0 Å². The van der Waals surface area contributed by atoms with E-state index in [9.17, 15) is 22.8 Å². The molecule has 10 heteroatoms. The van der Waals surface area contributed by atoms with Crippen LogP contribution in [0.1, 0.15) is 17.5 Å². The Labute approximate surface area is 205 Å². The summed E-state index contributed by atoms with van der Waals surface area (Å²) in [6.07, 6.45) is 2.99. The quantitative estimate of drug-likeness (QED) is 0.336. The van der Waals surface area contributed by atoms with Gasteiger partial charge < -0.3 is 20.1 Å². The molecule has 0 spiro atoms. The van der Waals surface area contributed by atoms with Crippen LogP contribution in [0.15, 0.2) is 72.8 Å². The number of carbonyl (C=O) groups excluding carboxylic acids is 3. The lowest BCUT2D eigenvalue weighted by molar-refractivity contribution is -0.135. The minimum Gasteiger partial charge on any atom is -0.466 e. The summed E-state index contributed by atoms with van der Waals surface area (Å²) in [7, 11) is -2.11. The fourth-order valence-electron chi connectivity index (χ4n) is 3.07. The summed E-state index contributed by atoms with van der Waals surface area (Å²) < 4.78 is 33.1. The third-order valence-electron chi connectivity index (χ3n) is 4.90. The number of methoxy groups -OCH3 is 1. The Morgan fingerprint density at radius 3 is 2.11 bits per heavy atom. The average Bonchev–Trinajstić information content (AvgIpc) is 2.84. The van der Waals surface area contributed by atoms with E-state index in [-0.39, 0.29) is 25.2 Å². The number of sulfone groups is 1. The van der Waals surface area contributed by atoms with E-state index in [0.717, 1.165) is 23.5 Å². The number of amides is 2. The zero-order chi connectivity index (χ0) is 25.7. The molecule has 9 nitrogen and oxygen atoms in total. The summed E-state index contributed by atoms with van der Waals surface area (Å²) in [5.74, 6) is -1.41. The summed E-state index contributed by atoms with van der Waals surface area (Å²) in [6, 6.07) is 16.4. The zero-order valence-corrected chi connectivity index (χ0v) is 20.5. The van der Waals surface area contributed by atoms with Gasteiger partial charge >= 0.3 is 12.1 Å². The fourth-order valence-corrected chi connectivity index (χ4v) is 3.75.